The molecule has 2 aromatic heterocycles. The van der Waals surface area contributed by atoms with E-state index in [0.717, 1.165) is 36.2 Å². The lowest BCUT2D eigenvalue weighted by Crippen LogP contribution is -2.36. The number of fused-ring (bicyclic) bond motifs is 2. The van der Waals surface area contributed by atoms with Crippen molar-refractivity contribution in [3.8, 4) is 11.4 Å². The molecular weight excluding hydrogens is 397 g/mol. The van der Waals surface area contributed by atoms with E-state index in [0.29, 0.717) is 29.7 Å². The summed E-state index contributed by atoms with van der Waals surface area (Å²) in [4.78, 5) is 31.8. The summed E-state index contributed by atoms with van der Waals surface area (Å²) in [6.07, 6.45) is 6.37. The maximum Gasteiger partial charge on any atom is 0.263 e. The van der Waals surface area contributed by atoms with Crippen LogP contribution in [-0.2, 0) is 0 Å². The maximum atomic E-state index is 14.6. The van der Waals surface area contributed by atoms with Crippen molar-refractivity contribution in [2.75, 3.05) is 20.2 Å². The van der Waals surface area contributed by atoms with Crippen molar-refractivity contribution in [2.24, 2.45) is 0 Å². The van der Waals surface area contributed by atoms with E-state index in [4.69, 9.17) is 4.74 Å². The van der Waals surface area contributed by atoms with Crippen molar-refractivity contribution in [3.05, 3.63) is 70.5 Å². The Morgan fingerprint density at radius 3 is 2.65 bits per heavy atom. The molecule has 1 fully saturated rings. The zero-order valence-corrected chi connectivity index (χ0v) is 17.2. The number of nitrogens with zero attached hydrogens (tertiary/aromatic N) is 2. The second-order valence-corrected chi connectivity index (χ2v) is 7.82. The molecule has 2 aromatic carbocycles. The molecule has 0 unspecified atom stereocenters. The van der Waals surface area contributed by atoms with Crippen molar-refractivity contribution in [2.45, 2.75) is 19.3 Å². The van der Waals surface area contributed by atoms with Gasteiger partial charge in [-0.1, -0.05) is 6.07 Å². The van der Waals surface area contributed by atoms with E-state index in [1.807, 2.05) is 24.3 Å². The molecule has 5 rings (SSSR count). The van der Waals surface area contributed by atoms with Gasteiger partial charge in [0.05, 0.1) is 23.7 Å². The summed E-state index contributed by atoms with van der Waals surface area (Å²) in [7, 11) is 1.37. The number of H-pyrrole nitrogens is 1. The highest BCUT2D eigenvalue weighted by atomic mass is 19.1. The zero-order chi connectivity index (χ0) is 21.5. The molecule has 0 spiro atoms. The van der Waals surface area contributed by atoms with Crippen molar-refractivity contribution >= 4 is 27.6 Å². The van der Waals surface area contributed by atoms with Crippen LogP contribution in [0.1, 0.15) is 29.6 Å². The molecule has 6 nitrogen and oxygen atoms in total. The van der Waals surface area contributed by atoms with Crippen molar-refractivity contribution in [1.29, 1.82) is 0 Å². The predicted octanol–water partition coefficient (Wildman–Crippen LogP) is 4.25. The van der Waals surface area contributed by atoms with E-state index in [1.54, 1.807) is 17.3 Å². The van der Waals surface area contributed by atoms with Gasteiger partial charge < -0.3 is 14.6 Å². The van der Waals surface area contributed by atoms with Crippen LogP contribution < -0.4 is 10.3 Å². The van der Waals surface area contributed by atoms with Gasteiger partial charge in [-0.2, -0.15) is 0 Å². The summed E-state index contributed by atoms with van der Waals surface area (Å²) in [5.74, 6) is -0.792. The van der Waals surface area contributed by atoms with Crippen molar-refractivity contribution < 1.29 is 13.9 Å². The van der Waals surface area contributed by atoms with Gasteiger partial charge in [0.2, 0.25) is 0 Å². The quantitative estimate of drug-likeness (QED) is 0.540. The molecule has 1 saturated heterocycles. The number of benzene rings is 2. The second-order valence-electron chi connectivity index (χ2n) is 7.82. The Balaban J connectivity index is 1.81. The Labute approximate surface area is 177 Å². The molecule has 0 aliphatic carbocycles. The van der Waals surface area contributed by atoms with E-state index >= 15 is 0 Å². The smallest absolute Gasteiger partial charge is 0.263 e. The largest absolute Gasteiger partial charge is 0.494 e. The summed E-state index contributed by atoms with van der Waals surface area (Å²) in [6, 6.07) is 10.1. The molecule has 0 atom stereocenters. The number of carbonyl (C=O) groups is 1. The molecule has 31 heavy (non-hydrogen) atoms. The highest BCUT2D eigenvalue weighted by Crippen LogP contribution is 2.29. The zero-order valence-electron chi connectivity index (χ0n) is 17.2. The third kappa shape index (κ3) is 3.17. The molecule has 7 heteroatoms. The SMILES string of the molecule is COc1cc2c(C(=O)N3CCCCC3)cn(-c3cccc4[nH]ccc34)c(=O)c2cc1F. The van der Waals surface area contributed by atoms with E-state index < -0.39 is 5.82 Å². The predicted molar refractivity (Wildman–Crippen MR) is 118 cm³/mol. The normalized spacial score (nSPS) is 14.3. The van der Waals surface area contributed by atoms with E-state index in [2.05, 4.69) is 4.98 Å². The fraction of sp³-hybridized carbons (Fsp3) is 0.250. The highest BCUT2D eigenvalue weighted by molar-refractivity contribution is 6.07. The number of rotatable bonds is 3. The fourth-order valence-electron chi connectivity index (χ4n) is 4.39. The number of aromatic nitrogens is 2. The molecule has 1 aliphatic rings. The van der Waals surface area contributed by atoms with Crippen LogP contribution in [0.2, 0.25) is 0 Å². The van der Waals surface area contributed by atoms with Gasteiger partial charge in [0, 0.05) is 41.8 Å². The van der Waals surface area contributed by atoms with Crippen LogP contribution in [0.3, 0.4) is 0 Å². The minimum Gasteiger partial charge on any atom is -0.494 e. The summed E-state index contributed by atoms with van der Waals surface area (Å²) < 4.78 is 21.1. The van der Waals surface area contributed by atoms with Gasteiger partial charge in [-0.3, -0.25) is 14.2 Å². The third-order valence-corrected chi connectivity index (χ3v) is 5.99. The molecule has 0 saturated carbocycles. The molecule has 4 aromatic rings. The lowest BCUT2D eigenvalue weighted by atomic mass is 10.0. The second kappa shape index (κ2) is 7.58. The van der Waals surface area contributed by atoms with Crippen LogP contribution >= 0.6 is 0 Å². The number of methoxy groups -OCH3 is 1. The fourth-order valence-corrected chi connectivity index (χ4v) is 4.39. The first-order valence-corrected chi connectivity index (χ1v) is 10.4. The lowest BCUT2D eigenvalue weighted by Gasteiger charge is -2.27. The van der Waals surface area contributed by atoms with Crippen LogP contribution in [0, 0.1) is 5.82 Å². The number of aromatic amines is 1. The number of carbonyl (C=O) groups excluding carboxylic acids is 1. The van der Waals surface area contributed by atoms with Crippen LogP contribution in [0.5, 0.6) is 5.75 Å². The van der Waals surface area contributed by atoms with Crippen LogP contribution in [0.25, 0.3) is 27.4 Å². The van der Waals surface area contributed by atoms with Gasteiger partial charge in [0.25, 0.3) is 11.5 Å². The van der Waals surface area contributed by atoms with E-state index in [1.165, 1.54) is 17.7 Å². The molecule has 1 N–H and O–H groups in total. The summed E-state index contributed by atoms with van der Waals surface area (Å²) in [5, 5.41) is 1.39. The van der Waals surface area contributed by atoms with Crippen molar-refractivity contribution in [1.82, 2.24) is 14.5 Å². The number of halogens is 1. The average Bonchev–Trinajstić information content (AvgIpc) is 3.29. The molecule has 0 bridgehead atoms. The number of amides is 1. The first-order chi connectivity index (χ1) is 15.1. The maximum absolute atomic E-state index is 14.6. The van der Waals surface area contributed by atoms with Gasteiger partial charge in [-0.15, -0.1) is 0 Å². The van der Waals surface area contributed by atoms with Gasteiger partial charge in [0.15, 0.2) is 11.6 Å². The topological polar surface area (TPSA) is 67.3 Å². The minimum atomic E-state index is -0.638. The molecule has 0 radical (unpaired) electrons. The van der Waals surface area contributed by atoms with Crippen LogP contribution in [0.4, 0.5) is 4.39 Å². The first-order valence-electron chi connectivity index (χ1n) is 10.4. The molecule has 1 amide bonds. The molecule has 1 aliphatic heterocycles. The van der Waals surface area contributed by atoms with Gasteiger partial charge in [-0.05, 0) is 49.6 Å². The molecular formula is C24H22FN3O3. The number of ether oxygens (including phenoxy) is 1. The third-order valence-electron chi connectivity index (χ3n) is 5.99. The Hall–Kier alpha value is -3.61. The van der Waals surface area contributed by atoms with Gasteiger partial charge in [-0.25, -0.2) is 4.39 Å². The van der Waals surface area contributed by atoms with Gasteiger partial charge >= 0.3 is 0 Å². The summed E-state index contributed by atoms with van der Waals surface area (Å²) >= 11 is 0. The summed E-state index contributed by atoms with van der Waals surface area (Å²) in [6.45, 7) is 1.34. The van der Waals surface area contributed by atoms with Crippen LogP contribution in [-0.4, -0.2) is 40.6 Å². The van der Waals surface area contributed by atoms with E-state index in [-0.39, 0.29) is 22.6 Å². The Morgan fingerprint density at radius 2 is 1.87 bits per heavy atom. The average molecular weight is 419 g/mol. The molecule has 158 valence electrons. The number of hydrogen-bond acceptors (Lipinski definition) is 3. The lowest BCUT2D eigenvalue weighted by molar-refractivity contribution is 0.0725. The standard InChI is InChI=1S/C24H22FN3O3/c1-31-22-13-16-17(12-19(22)25)24(30)28(21-7-5-6-20-15(21)8-9-26-20)14-18(16)23(29)27-10-3-2-4-11-27/h5-9,12-14,26H,2-4,10-11H2,1H3. The number of hydrogen-bond donors (Lipinski definition) is 1. The highest BCUT2D eigenvalue weighted by Gasteiger charge is 2.24. The van der Waals surface area contributed by atoms with Crippen LogP contribution in [0.15, 0.2) is 53.6 Å². The Morgan fingerprint density at radius 1 is 1.06 bits per heavy atom. The Kier molecular flexibility index (Phi) is 4.73. The number of pyridine rings is 1. The monoisotopic (exact) mass is 419 g/mol. The number of likely N-dealkylation sites (tertiary alicyclic amines) is 1. The summed E-state index contributed by atoms with van der Waals surface area (Å²) in [5.41, 5.74) is 1.48. The molecule has 3 heterocycles. The number of nitrogens with one attached hydrogen (secondary N) is 1. The van der Waals surface area contributed by atoms with Crippen molar-refractivity contribution in [3.63, 3.8) is 0 Å². The Bertz CT molecular complexity index is 1370. The number of piperidine rings is 1. The first kappa shape index (κ1) is 19.4. The van der Waals surface area contributed by atoms with Gasteiger partial charge in [0.1, 0.15) is 0 Å². The van der Waals surface area contributed by atoms with E-state index in [9.17, 15) is 14.0 Å². The minimum absolute atomic E-state index is 0.00470.